The zero-order chi connectivity index (χ0) is 18.0. The van der Waals surface area contributed by atoms with Crippen LogP contribution < -0.4 is 0 Å². The molecule has 2 aromatic rings. The Bertz CT molecular complexity index is 847. The number of ether oxygens (including phenoxy) is 2. The first-order chi connectivity index (χ1) is 12.0. The van der Waals surface area contributed by atoms with E-state index in [1.807, 2.05) is 30.3 Å². The van der Waals surface area contributed by atoms with Gasteiger partial charge >= 0.3 is 5.97 Å². The molecule has 0 radical (unpaired) electrons. The van der Waals surface area contributed by atoms with Crippen LogP contribution in [0.4, 0.5) is 0 Å². The summed E-state index contributed by atoms with van der Waals surface area (Å²) in [5.74, 6) is -0.327. The highest BCUT2D eigenvalue weighted by Gasteiger charge is 2.40. The number of phenolic OH excluding ortho intramolecular Hbond substituents is 1. The number of azide groups is 1. The number of carbonyl (C=O) groups is 1. The number of nitrogens with zero attached hydrogens (tertiary/aromatic N) is 3. The van der Waals surface area contributed by atoms with Gasteiger partial charge in [0.25, 0.3) is 0 Å². The molecule has 4 atom stereocenters. The smallest absolute Gasteiger partial charge is 0.303 e. The number of hydrogen-bond acceptors (Lipinski definition) is 5. The monoisotopic (exact) mass is 341 g/mol. The Morgan fingerprint density at radius 1 is 1.36 bits per heavy atom. The maximum atomic E-state index is 11.3. The Hall–Kier alpha value is -2.76. The van der Waals surface area contributed by atoms with Crippen LogP contribution in [0, 0.1) is 0 Å². The van der Waals surface area contributed by atoms with Gasteiger partial charge in [-0.15, -0.1) is 0 Å². The molecule has 0 bridgehead atoms. The molecule has 0 saturated carbocycles. The first kappa shape index (κ1) is 17.1. The normalized spacial score (nSPS) is 26.0. The second-order valence-corrected chi connectivity index (χ2v) is 6.13. The van der Waals surface area contributed by atoms with E-state index in [0.717, 1.165) is 10.8 Å². The molecule has 7 heteroatoms. The van der Waals surface area contributed by atoms with Gasteiger partial charge in [0, 0.05) is 17.4 Å². The molecule has 0 aliphatic carbocycles. The zero-order valence-electron chi connectivity index (χ0n) is 14.0. The summed E-state index contributed by atoms with van der Waals surface area (Å²) in [6.07, 6.45) is -1.28. The van der Waals surface area contributed by atoms with Gasteiger partial charge in [0.2, 0.25) is 0 Å². The zero-order valence-corrected chi connectivity index (χ0v) is 14.0. The molecule has 0 aromatic heterocycles. The Labute approximate surface area is 144 Å². The lowest BCUT2D eigenvalue weighted by Crippen LogP contribution is -2.45. The van der Waals surface area contributed by atoms with Crippen LogP contribution >= 0.6 is 0 Å². The van der Waals surface area contributed by atoms with Crippen LogP contribution in [0.25, 0.3) is 21.2 Å². The lowest BCUT2D eigenvalue weighted by atomic mass is 9.89. The second-order valence-electron chi connectivity index (χ2n) is 6.13. The van der Waals surface area contributed by atoms with Gasteiger partial charge in [-0.25, -0.2) is 0 Å². The lowest BCUT2D eigenvalue weighted by Gasteiger charge is -2.38. The highest BCUT2D eigenvalue weighted by atomic mass is 16.6. The van der Waals surface area contributed by atoms with Gasteiger partial charge in [0.15, 0.2) is 0 Å². The number of phenols is 1. The molecule has 2 aromatic carbocycles. The first-order valence-electron chi connectivity index (χ1n) is 8.08. The van der Waals surface area contributed by atoms with Crippen LogP contribution in [0.1, 0.15) is 31.9 Å². The van der Waals surface area contributed by atoms with E-state index in [0.29, 0.717) is 12.0 Å². The van der Waals surface area contributed by atoms with Gasteiger partial charge in [-0.2, -0.15) is 0 Å². The molecule has 130 valence electrons. The minimum absolute atomic E-state index is 0.126. The fourth-order valence-electron chi connectivity index (χ4n) is 3.41. The second kappa shape index (κ2) is 7.01. The van der Waals surface area contributed by atoms with Crippen molar-refractivity contribution in [2.75, 3.05) is 0 Å². The number of benzene rings is 2. The van der Waals surface area contributed by atoms with Gasteiger partial charge in [-0.05, 0) is 35.7 Å². The summed E-state index contributed by atoms with van der Waals surface area (Å²) in [6.45, 7) is 3.07. The van der Waals surface area contributed by atoms with E-state index in [4.69, 9.17) is 15.0 Å². The van der Waals surface area contributed by atoms with Crippen LogP contribution in [-0.2, 0) is 14.3 Å². The summed E-state index contributed by atoms with van der Waals surface area (Å²) >= 11 is 0. The standard InChI is InChI=1S/C18H19N3O4/c1-10-18(25-11(2)22)14(20-21-19)9-16(24-10)17-13-6-4-3-5-12(13)7-8-15(17)23/h3-8,10,14,16,18,23H,9H2,1-2H3/t10-,14+,16-,18-/m1/s1. The van der Waals surface area contributed by atoms with E-state index in [2.05, 4.69) is 10.0 Å². The van der Waals surface area contributed by atoms with Crippen LogP contribution in [0.5, 0.6) is 5.75 Å². The molecule has 1 saturated heterocycles. The topological polar surface area (TPSA) is 105 Å². The summed E-state index contributed by atoms with van der Waals surface area (Å²) in [7, 11) is 0. The van der Waals surface area contributed by atoms with Gasteiger partial charge < -0.3 is 14.6 Å². The summed E-state index contributed by atoms with van der Waals surface area (Å²) in [5.41, 5.74) is 9.52. The number of aromatic hydroxyl groups is 1. The van der Waals surface area contributed by atoms with Crippen molar-refractivity contribution in [2.24, 2.45) is 5.11 Å². The summed E-state index contributed by atoms with van der Waals surface area (Å²) in [5, 5.41) is 16.1. The van der Waals surface area contributed by atoms with Crippen molar-refractivity contribution in [3.63, 3.8) is 0 Å². The van der Waals surface area contributed by atoms with E-state index in [9.17, 15) is 9.90 Å². The summed E-state index contributed by atoms with van der Waals surface area (Å²) in [4.78, 5) is 14.2. The van der Waals surface area contributed by atoms with Crippen molar-refractivity contribution >= 4 is 16.7 Å². The van der Waals surface area contributed by atoms with E-state index in [-0.39, 0.29) is 5.75 Å². The molecule has 7 nitrogen and oxygen atoms in total. The van der Waals surface area contributed by atoms with Crippen molar-refractivity contribution < 1.29 is 19.4 Å². The average Bonchev–Trinajstić information content (AvgIpc) is 2.57. The van der Waals surface area contributed by atoms with Crippen molar-refractivity contribution in [1.29, 1.82) is 0 Å². The third-order valence-corrected chi connectivity index (χ3v) is 4.45. The Balaban J connectivity index is 2.01. The Morgan fingerprint density at radius 3 is 2.84 bits per heavy atom. The number of rotatable bonds is 3. The van der Waals surface area contributed by atoms with E-state index < -0.39 is 30.3 Å². The largest absolute Gasteiger partial charge is 0.508 e. The molecule has 1 heterocycles. The number of fused-ring (bicyclic) bond motifs is 1. The molecule has 1 N–H and O–H groups in total. The quantitative estimate of drug-likeness (QED) is 0.394. The average molecular weight is 341 g/mol. The third-order valence-electron chi connectivity index (χ3n) is 4.45. The van der Waals surface area contributed by atoms with Crippen molar-refractivity contribution in [2.45, 2.75) is 44.6 Å². The summed E-state index contributed by atoms with van der Waals surface area (Å²) < 4.78 is 11.3. The fraction of sp³-hybridized carbons (Fsp3) is 0.389. The van der Waals surface area contributed by atoms with Crippen LogP contribution in [0.3, 0.4) is 0 Å². The third kappa shape index (κ3) is 3.38. The summed E-state index contributed by atoms with van der Waals surface area (Å²) in [6, 6.07) is 10.6. The number of carbonyl (C=O) groups excluding carboxylic acids is 1. The SMILES string of the molecule is CC(=O)O[C@H]1[C@@H](N=[N+]=[N-])C[C@H](c2c(O)ccc3ccccc23)O[C@@H]1C. The number of esters is 1. The molecular formula is C18H19N3O4. The molecule has 0 spiro atoms. The predicted octanol–water partition coefficient (Wildman–Crippen LogP) is 4.01. The van der Waals surface area contributed by atoms with Gasteiger partial charge in [-0.1, -0.05) is 35.4 Å². The predicted molar refractivity (Wildman–Crippen MR) is 92.0 cm³/mol. The van der Waals surface area contributed by atoms with E-state index in [1.165, 1.54) is 6.92 Å². The molecule has 3 rings (SSSR count). The van der Waals surface area contributed by atoms with Gasteiger partial charge in [0.1, 0.15) is 11.9 Å². The maximum absolute atomic E-state index is 11.3. The van der Waals surface area contributed by atoms with E-state index >= 15 is 0 Å². The van der Waals surface area contributed by atoms with Gasteiger partial charge in [-0.3, -0.25) is 4.79 Å². The molecule has 1 aliphatic rings. The van der Waals surface area contributed by atoms with Crippen molar-refractivity contribution in [3.05, 3.63) is 52.4 Å². The molecular weight excluding hydrogens is 322 g/mol. The van der Waals surface area contributed by atoms with Crippen LogP contribution in [0.15, 0.2) is 41.5 Å². The Kier molecular flexibility index (Phi) is 4.79. The Morgan fingerprint density at radius 2 is 2.12 bits per heavy atom. The number of hydrogen-bond donors (Lipinski definition) is 1. The minimum Gasteiger partial charge on any atom is -0.508 e. The first-order valence-corrected chi connectivity index (χ1v) is 8.08. The fourth-order valence-corrected chi connectivity index (χ4v) is 3.41. The molecule has 25 heavy (non-hydrogen) atoms. The van der Waals surface area contributed by atoms with Crippen LogP contribution in [0.2, 0.25) is 0 Å². The highest BCUT2D eigenvalue weighted by molar-refractivity contribution is 5.88. The van der Waals surface area contributed by atoms with Crippen molar-refractivity contribution in [3.8, 4) is 5.75 Å². The van der Waals surface area contributed by atoms with Crippen LogP contribution in [-0.4, -0.2) is 29.3 Å². The van der Waals surface area contributed by atoms with Crippen molar-refractivity contribution in [1.82, 2.24) is 0 Å². The van der Waals surface area contributed by atoms with Gasteiger partial charge in [0.05, 0.1) is 18.2 Å². The van der Waals surface area contributed by atoms with E-state index in [1.54, 1.807) is 13.0 Å². The molecule has 1 fully saturated rings. The highest BCUT2D eigenvalue weighted by Crippen LogP contribution is 2.41. The minimum atomic E-state index is -0.651. The molecule has 0 unspecified atom stereocenters. The lowest BCUT2D eigenvalue weighted by molar-refractivity contribution is -0.171. The maximum Gasteiger partial charge on any atom is 0.303 e. The molecule has 0 amide bonds. The molecule has 1 aliphatic heterocycles.